The van der Waals surface area contributed by atoms with E-state index in [0.717, 1.165) is 49.7 Å². The number of carbonyl (C=O) groups is 1. The minimum atomic E-state index is -3.33. The highest BCUT2D eigenvalue weighted by atomic mass is 32.2. The first kappa shape index (κ1) is 22.5. The van der Waals surface area contributed by atoms with E-state index in [0.29, 0.717) is 11.4 Å². The molecule has 1 N–H and O–H groups in total. The number of benzene rings is 2. The molecule has 0 bridgehead atoms. The molecule has 1 saturated carbocycles. The molecule has 0 aromatic heterocycles. The Hall–Kier alpha value is -2.74. The van der Waals surface area contributed by atoms with Crippen molar-refractivity contribution in [1.29, 1.82) is 0 Å². The third-order valence-corrected chi connectivity index (χ3v) is 7.57. The second kappa shape index (κ2) is 9.02. The Morgan fingerprint density at radius 2 is 1.81 bits per heavy atom. The van der Waals surface area contributed by atoms with Gasteiger partial charge in [-0.15, -0.1) is 0 Å². The highest BCUT2D eigenvalue weighted by Crippen LogP contribution is 2.46. The molecule has 1 amide bonds. The molecule has 172 valence electrons. The van der Waals surface area contributed by atoms with Crippen LogP contribution in [-0.2, 0) is 14.8 Å². The molecule has 1 aliphatic carbocycles. The van der Waals surface area contributed by atoms with Crippen LogP contribution in [0.15, 0.2) is 48.5 Å². The molecule has 1 aliphatic heterocycles. The van der Waals surface area contributed by atoms with Crippen molar-refractivity contribution in [2.24, 2.45) is 0 Å². The average molecular weight is 459 g/mol. The zero-order valence-electron chi connectivity index (χ0n) is 18.5. The molecule has 32 heavy (non-hydrogen) atoms. The Balaban J connectivity index is 1.39. The van der Waals surface area contributed by atoms with Gasteiger partial charge in [0.05, 0.1) is 18.0 Å². The van der Waals surface area contributed by atoms with E-state index in [1.165, 1.54) is 17.8 Å². The quantitative estimate of drug-likeness (QED) is 0.712. The number of anilines is 1. The van der Waals surface area contributed by atoms with Gasteiger partial charge in [0.25, 0.3) is 5.91 Å². The van der Waals surface area contributed by atoms with Crippen molar-refractivity contribution < 1.29 is 22.7 Å². The van der Waals surface area contributed by atoms with E-state index in [2.05, 4.69) is 5.32 Å². The third-order valence-electron chi connectivity index (χ3n) is 6.36. The molecule has 1 atom stereocenters. The predicted octanol–water partition coefficient (Wildman–Crippen LogP) is 3.80. The van der Waals surface area contributed by atoms with Gasteiger partial charge < -0.3 is 14.8 Å². The Morgan fingerprint density at radius 3 is 2.50 bits per heavy atom. The smallest absolute Gasteiger partial charge is 0.258 e. The van der Waals surface area contributed by atoms with E-state index in [4.69, 9.17) is 9.47 Å². The van der Waals surface area contributed by atoms with Gasteiger partial charge in [0, 0.05) is 19.0 Å². The van der Waals surface area contributed by atoms with Gasteiger partial charge in [0.15, 0.2) is 6.61 Å². The van der Waals surface area contributed by atoms with Crippen molar-refractivity contribution in [2.45, 2.75) is 50.2 Å². The first-order valence-corrected chi connectivity index (χ1v) is 12.8. The summed E-state index contributed by atoms with van der Waals surface area (Å²) in [6.07, 6.45) is 7.47. The number of hydrogen-bond donors (Lipinski definition) is 1. The highest BCUT2D eigenvalue weighted by Gasteiger charge is 2.42. The molecule has 2 aliphatic rings. The summed E-state index contributed by atoms with van der Waals surface area (Å²) >= 11 is 0. The summed E-state index contributed by atoms with van der Waals surface area (Å²) in [5, 5.41) is 3.13. The predicted molar refractivity (Wildman–Crippen MR) is 124 cm³/mol. The Morgan fingerprint density at radius 1 is 1.12 bits per heavy atom. The minimum absolute atomic E-state index is 0.111. The van der Waals surface area contributed by atoms with Crippen LogP contribution in [0.3, 0.4) is 0 Å². The first-order valence-electron chi connectivity index (χ1n) is 11.0. The van der Waals surface area contributed by atoms with E-state index < -0.39 is 10.0 Å². The summed E-state index contributed by atoms with van der Waals surface area (Å²) in [7, 11) is -1.84. The fraction of sp³-hybridized carbons (Fsp3) is 0.458. The fourth-order valence-corrected chi connectivity index (χ4v) is 5.08. The molecule has 0 saturated heterocycles. The number of rotatable bonds is 6. The van der Waals surface area contributed by atoms with Crippen LogP contribution in [0.4, 0.5) is 5.69 Å². The summed E-state index contributed by atoms with van der Waals surface area (Å²) in [4.78, 5) is 12.7. The maximum Gasteiger partial charge on any atom is 0.258 e. The normalized spacial score (nSPS) is 19.5. The molecule has 0 radical (unpaired) electrons. The molecule has 2 aromatic rings. The van der Waals surface area contributed by atoms with Gasteiger partial charge in [-0.2, -0.15) is 0 Å². The fourth-order valence-electron chi connectivity index (χ4n) is 4.58. The summed E-state index contributed by atoms with van der Waals surface area (Å²) in [6, 6.07) is 14.4. The standard InChI is InChI=1S/C24H30N2O5S/c1-26(32(2,28)29)18-10-12-19(13-11-18)30-17-23(27)25-21-16-24(14-6-3-7-15-24)31-22-9-5-4-8-20(21)22/h4-5,8-13,21H,3,6-7,14-17H2,1-2H3,(H,25,27). The summed E-state index contributed by atoms with van der Waals surface area (Å²) in [6.45, 7) is -0.117. The van der Waals surface area contributed by atoms with E-state index in [9.17, 15) is 13.2 Å². The largest absolute Gasteiger partial charge is 0.487 e. The van der Waals surface area contributed by atoms with Crippen LogP contribution < -0.4 is 19.1 Å². The summed E-state index contributed by atoms with van der Waals surface area (Å²) in [5.74, 6) is 1.16. The molecule has 2 aromatic carbocycles. The zero-order chi connectivity index (χ0) is 22.8. The maximum absolute atomic E-state index is 12.7. The van der Waals surface area contributed by atoms with Gasteiger partial charge >= 0.3 is 0 Å². The van der Waals surface area contributed by atoms with Crippen LogP contribution in [0.2, 0.25) is 0 Å². The average Bonchev–Trinajstić information content (AvgIpc) is 2.77. The third kappa shape index (κ3) is 5.01. The molecule has 8 heteroatoms. The van der Waals surface area contributed by atoms with Crippen molar-refractivity contribution in [1.82, 2.24) is 5.32 Å². The highest BCUT2D eigenvalue weighted by molar-refractivity contribution is 7.92. The monoisotopic (exact) mass is 458 g/mol. The molecule has 1 heterocycles. The maximum atomic E-state index is 12.7. The lowest BCUT2D eigenvalue weighted by molar-refractivity contribution is -0.124. The topological polar surface area (TPSA) is 84.9 Å². The van der Waals surface area contributed by atoms with Crippen molar-refractivity contribution >= 4 is 21.6 Å². The molecular weight excluding hydrogens is 428 g/mol. The number of nitrogens with one attached hydrogen (secondary N) is 1. The van der Waals surface area contributed by atoms with Gasteiger partial charge in [-0.05, 0) is 56.0 Å². The van der Waals surface area contributed by atoms with Gasteiger partial charge in [-0.25, -0.2) is 8.42 Å². The molecular formula is C24H30N2O5S. The SMILES string of the molecule is CN(c1ccc(OCC(=O)NC2CC3(CCCCC3)Oc3ccccc32)cc1)S(C)(=O)=O. The number of amides is 1. The van der Waals surface area contributed by atoms with E-state index in [-0.39, 0.29) is 24.2 Å². The molecule has 4 rings (SSSR count). The van der Waals surface area contributed by atoms with Crippen LogP contribution in [-0.4, -0.2) is 39.8 Å². The van der Waals surface area contributed by atoms with E-state index >= 15 is 0 Å². The molecule has 7 nitrogen and oxygen atoms in total. The van der Waals surface area contributed by atoms with Crippen molar-refractivity contribution in [3.05, 3.63) is 54.1 Å². The summed E-state index contributed by atoms with van der Waals surface area (Å²) < 4.78 is 36.6. The van der Waals surface area contributed by atoms with Gasteiger partial charge in [-0.3, -0.25) is 9.10 Å². The van der Waals surface area contributed by atoms with Crippen LogP contribution in [0.5, 0.6) is 11.5 Å². The van der Waals surface area contributed by atoms with Gasteiger partial charge in [0.2, 0.25) is 10.0 Å². The number of fused-ring (bicyclic) bond motifs is 1. The number of para-hydroxylation sites is 1. The van der Waals surface area contributed by atoms with Crippen LogP contribution in [0, 0.1) is 0 Å². The van der Waals surface area contributed by atoms with Crippen molar-refractivity contribution in [3.63, 3.8) is 0 Å². The molecule has 1 unspecified atom stereocenters. The number of ether oxygens (including phenoxy) is 2. The lowest BCUT2D eigenvalue weighted by Crippen LogP contribution is -2.47. The first-order chi connectivity index (χ1) is 15.3. The molecule has 1 spiro atoms. The van der Waals surface area contributed by atoms with Crippen LogP contribution in [0.25, 0.3) is 0 Å². The van der Waals surface area contributed by atoms with Crippen LogP contribution >= 0.6 is 0 Å². The molecule has 1 fully saturated rings. The van der Waals surface area contributed by atoms with Gasteiger partial charge in [-0.1, -0.05) is 24.6 Å². The number of hydrogen-bond acceptors (Lipinski definition) is 5. The zero-order valence-corrected chi connectivity index (χ0v) is 19.4. The minimum Gasteiger partial charge on any atom is -0.487 e. The van der Waals surface area contributed by atoms with Crippen molar-refractivity contribution in [3.8, 4) is 11.5 Å². The second-order valence-corrected chi connectivity index (χ2v) is 10.7. The van der Waals surface area contributed by atoms with E-state index in [1.807, 2.05) is 24.3 Å². The Kier molecular flexibility index (Phi) is 6.33. The van der Waals surface area contributed by atoms with Crippen LogP contribution in [0.1, 0.15) is 50.1 Å². The number of carbonyl (C=O) groups excluding carboxylic acids is 1. The summed E-state index contributed by atoms with van der Waals surface area (Å²) in [5.41, 5.74) is 1.33. The Bertz CT molecular complexity index is 1060. The second-order valence-electron chi connectivity index (χ2n) is 8.72. The lowest BCUT2D eigenvalue weighted by atomic mass is 9.77. The van der Waals surface area contributed by atoms with E-state index in [1.54, 1.807) is 24.3 Å². The lowest BCUT2D eigenvalue weighted by Gasteiger charge is -2.44. The van der Waals surface area contributed by atoms with Crippen molar-refractivity contribution in [2.75, 3.05) is 24.2 Å². The Labute approximate surface area is 189 Å². The number of nitrogens with zero attached hydrogens (tertiary/aromatic N) is 1. The van der Waals surface area contributed by atoms with Gasteiger partial charge in [0.1, 0.15) is 17.1 Å². The number of sulfonamides is 1.